The van der Waals surface area contributed by atoms with Crippen LogP contribution in [0, 0.1) is 5.82 Å². The van der Waals surface area contributed by atoms with Crippen LogP contribution in [0.2, 0.25) is 0 Å². The fourth-order valence-corrected chi connectivity index (χ4v) is 2.59. The van der Waals surface area contributed by atoms with Gasteiger partial charge in [-0.3, -0.25) is 4.79 Å². The molecule has 0 radical (unpaired) electrons. The van der Waals surface area contributed by atoms with Crippen molar-refractivity contribution < 1.29 is 9.18 Å². The maximum Gasteiger partial charge on any atom is 0.243 e. The molecular formula is C19H25FN4O. The van der Waals surface area contributed by atoms with E-state index in [4.69, 9.17) is 5.73 Å². The van der Waals surface area contributed by atoms with Crippen molar-refractivity contribution in [3.05, 3.63) is 54.0 Å². The molecule has 25 heavy (non-hydrogen) atoms. The Labute approximate surface area is 148 Å². The van der Waals surface area contributed by atoms with Gasteiger partial charge in [0, 0.05) is 25.0 Å². The average Bonchev–Trinajstić information content (AvgIpc) is 2.62. The van der Waals surface area contributed by atoms with Gasteiger partial charge in [0.2, 0.25) is 5.91 Å². The van der Waals surface area contributed by atoms with Gasteiger partial charge in [0.15, 0.2) is 0 Å². The second kappa shape index (κ2) is 8.58. The first-order valence-corrected chi connectivity index (χ1v) is 8.48. The van der Waals surface area contributed by atoms with Crippen LogP contribution in [0.3, 0.4) is 0 Å². The highest BCUT2D eigenvalue weighted by Crippen LogP contribution is 2.20. The molecule has 0 aliphatic heterocycles. The van der Waals surface area contributed by atoms with E-state index in [0.717, 1.165) is 24.5 Å². The predicted molar refractivity (Wildman–Crippen MR) is 99.0 cm³/mol. The smallest absolute Gasteiger partial charge is 0.243 e. The number of pyridine rings is 1. The predicted octanol–water partition coefficient (Wildman–Crippen LogP) is 2.95. The number of hydrogen-bond acceptors (Lipinski definition) is 4. The molecule has 0 unspecified atom stereocenters. The topological polar surface area (TPSA) is 62.5 Å². The minimum atomic E-state index is -0.645. The third-order valence-corrected chi connectivity index (χ3v) is 4.03. The molecule has 5 nitrogen and oxygen atoms in total. The lowest BCUT2D eigenvalue weighted by Crippen LogP contribution is -2.41. The van der Waals surface area contributed by atoms with Gasteiger partial charge in [-0.15, -0.1) is 0 Å². The molecule has 2 rings (SSSR count). The van der Waals surface area contributed by atoms with Gasteiger partial charge in [0.1, 0.15) is 11.6 Å². The van der Waals surface area contributed by atoms with E-state index in [0.29, 0.717) is 12.2 Å². The Balaban J connectivity index is 2.24. The van der Waals surface area contributed by atoms with E-state index in [1.807, 2.05) is 12.1 Å². The molecule has 2 N–H and O–H groups in total. The molecule has 0 bridgehead atoms. The van der Waals surface area contributed by atoms with Crippen LogP contribution in [0.25, 0.3) is 0 Å². The largest absolute Gasteiger partial charge is 0.357 e. The molecular weight excluding hydrogens is 319 g/mol. The number of nitrogens with two attached hydrogens (primary N) is 1. The molecule has 2 aromatic rings. The van der Waals surface area contributed by atoms with Crippen LogP contribution in [-0.2, 0) is 11.3 Å². The molecule has 0 saturated carbocycles. The minimum Gasteiger partial charge on any atom is -0.357 e. The summed E-state index contributed by atoms with van der Waals surface area (Å²) in [5, 5.41) is 0. The molecule has 6 heteroatoms. The Morgan fingerprint density at radius 3 is 2.28 bits per heavy atom. The standard InChI is InChI=1S/C19H25FN4O/c1-4-23(5-2)18-11-6-15(12-22-18)13-24(19(25)14(3)21)17-9-7-16(20)8-10-17/h6-12,14H,4-5,13,21H2,1-3H3/t14-/m0/s1. The van der Waals surface area contributed by atoms with E-state index in [9.17, 15) is 9.18 Å². The van der Waals surface area contributed by atoms with Crippen LogP contribution in [-0.4, -0.2) is 30.0 Å². The summed E-state index contributed by atoms with van der Waals surface area (Å²) in [6, 6.07) is 9.07. The lowest BCUT2D eigenvalue weighted by atomic mass is 10.2. The van der Waals surface area contributed by atoms with Crippen molar-refractivity contribution in [1.29, 1.82) is 0 Å². The Kier molecular flexibility index (Phi) is 6.47. The summed E-state index contributed by atoms with van der Waals surface area (Å²) in [7, 11) is 0. The molecule has 1 heterocycles. The summed E-state index contributed by atoms with van der Waals surface area (Å²) in [5.41, 5.74) is 7.26. The quantitative estimate of drug-likeness (QED) is 0.839. The summed E-state index contributed by atoms with van der Waals surface area (Å²) in [6.07, 6.45) is 1.76. The molecule has 0 aliphatic carbocycles. The summed E-state index contributed by atoms with van der Waals surface area (Å²) < 4.78 is 13.2. The Bertz CT molecular complexity index is 682. The summed E-state index contributed by atoms with van der Waals surface area (Å²) in [4.78, 5) is 20.7. The van der Waals surface area contributed by atoms with Crippen molar-refractivity contribution in [2.45, 2.75) is 33.4 Å². The van der Waals surface area contributed by atoms with E-state index in [1.54, 1.807) is 30.2 Å². The van der Waals surface area contributed by atoms with Crippen molar-refractivity contribution in [3.63, 3.8) is 0 Å². The first-order valence-electron chi connectivity index (χ1n) is 8.48. The maximum absolute atomic E-state index is 13.2. The number of halogens is 1. The Morgan fingerprint density at radius 2 is 1.80 bits per heavy atom. The number of hydrogen-bond donors (Lipinski definition) is 1. The third kappa shape index (κ3) is 4.76. The molecule has 1 atom stereocenters. The van der Waals surface area contributed by atoms with Crippen molar-refractivity contribution in [2.24, 2.45) is 5.73 Å². The summed E-state index contributed by atoms with van der Waals surface area (Å²) in [5.74, 6) is 0.335. The van der Waals surface area contributed by atoms with Crippen LogP contribution < -0.4 is 15.5 Å². The fourth-order valence-electron chi connectivity index (χ4n) is 2.59. The first-order chi connectivity index (χ1) is 12.0. The van der Waals surface area contributed by atoms with Crippen LogP contribution >= 0.6 is 0 Å². The number of nitrogens with zero attached hydrogens (tertiary/aromatic N) is 3. The second-order valence-electron chi connectivity index (χ2n) is 5.89. The zero-order chi connectivity index (χ0) is 18.4. The van der Waals surface area contributed by atoms with Gasteiger partial charge in [0.25, 0.3) is 0 Å². The minimum absolute atomic E-state index is 0.223. The Morgan fingerprint density at radius 1 is 1.16 bits per heavy atom. The SMILES string of the molecule is CCN(CC)c1ccc(CN(C(=O)[C@H](C)N)c2ccc(F)cc2)cn1. The highest BCUT2D eigenvalue weighted by molar-refractivity contribution is 5.96. The van der Waals surface area contributed by atoms with E-state index in [1.165, 1.54) is 12.1 Å². The van der Waals surface area contributed by atoms with Crippen molar-refractivity contribution in [2.75, 3.05) is 22.9 Å². The normalized spacial score (nSPS) is 11.9. The highest BCUT2D eigenvalue weighted by atomic mass is 19.1. The number of rotatable bonds is 7. The number of carbonyl (C=O) groups is 1. The number of benzene rings is 1. The van der Waals surface area contributed by atoms with Gasteiger partial charge >= 0.3 is 0 Å². The average molecular weight is 344 g/mol. The summed E-state index contributed by atoms with van der Waals surface area (Å²) in [6.45, 7) is 7.90. The molecule has 0 aliphatic rings. The monoisotopic (exact) mass is 344 g/mol. The second-order valence-corrected chi connectivity index (χ2v) is 5.89. The fraction of sp³-hybridized carbons (Fsp3) is 0.368. The number of carbonyl (C=O) groups excluding carboxylic acids is 1. The zero-order valence-electron chi connectivity index (χ0n) is 14.9. The van der Waals surface area contributed by atoms with Crippen molar-refractivity contribution >= 4 is 17.4 Å². The number of anilines is 2. The van der Waals surface area contributed by atoms with E-state index < -0.39 is 6.04 Å². The first kappa shape index (κ1) is 18.9. The van der Waals surface area contributed by atoms with E-state index in [-0.39, 0.29) is 11.7 Å². The lowest BCUT2D eigenvalue weighted by Gasteiger charge is -2.25. The van der Waals surface area contributed by atoms with Gasteiger partial charge in [-0.1, -0.05) is 6.07 Å². The van der Waals surface area contributed by atoms with Crippen molar-refractivity contribution in [3.8, 4) is 0 Å². The van der Waals surface area contributed by atoms with Gasteiger partial charge < -0.3 is 15.5 Å². The molecule has 0 spiro atoms. The highest BCUT2D eigenvalue weighted by Gasteiger charge is 2.20. The van der Waals surface area contributed by atoms with Crippen LogP contribution in [0.1, 0.15) is 26.3 Å². The lowest BCUT2D eigenvalue weighted by molar-refractivity contribution is -0.119. The molecule has 1 aromatic carbocycles. The van der Waals surface area contributed by atoms with Gasteiger partial charge in [-0.25, -0.2) is 9.37 Å². The van der Waals surface area contributed by atoms with Crippen LogP contribution in [0.5, 0.6) is 0 Å². The van der Waals surface area contributed by atoms with Gasteiger partial charge in [-0.2, -0.15) is 0 Å². The molecule has 0 saturated heterocycles. The molecule has 0 fully saturated rings. The van der Waals surface area contributed by atoms with Crippen LogP contribution in [0.15, 0.2) is 42.6 Å². The summed E-state index contributed by atoms with van der Waals surface area (Å²) >= 11 is 0. The molecule has 1 aromatic heterocycles. The third-order valence-electron chi connectivity index (χ3n) is 4.03. The molecule has 134 valence electrons. The Hall–Kier alpha value is -2.47. The molecule has 1 amide bonds. The maximum atomic E-state index is 13.2. The zero-order valence-corrected chi connectivity index (χ0v) is 14.9. The van der Waals surface area contributed by atoms with Crippen molar-refractivity contribution in [1.82, 2.24) is 4.98 Å². The van der Waals surface area contributed by atoms with Crippen LogP contribution in [0.4, 0.5) is 15.9 Å². The number of aromatic nitrogens is 1. The van der Waals surface area contributed by atoms with E-state index in [2.05, 4.69) is 23.7 Å². The van der Waals surface area contributed by atoms with Gasteiger partial charge in [0.05, 0.1) is 12.6 Å². The van der Waals surface area contributed by atoms with E-state index >= 15 is 0 Å². The number of amides is 1. The van der Waals surface area contributed by atoms with Gasteiger partial charge in [-0.05, 0) is 56.7 Å².